The van der Waals surface area contributed by atoms with Gasteiger partial charge in [0, 0.05) is 22.7 Å². The number of halogens is 2. The summed E-state index contributed by atoms with van der Waals surface area (Å²) in [5, 5.41) is 3.58. The highest BCUT2D eigenvalue weighted by Gasteiger charge is 2.15. The van der Waals surface area contributed by atoms with Crippen molar-refractivity contribution < 1.29 is 13.9 Å². The van der Waals surface area contributed by atoms with Crippen LogP contribution in [0.25, 0.3) is 0 Å². The van der Waals surface area contributed by atoms with Crippen LogP contribution in [0, 0.1) is 0 Å². The average Bonchev–Trinajstić information content (AvgIpc) is 2.92. The first-order valence-electron chi connectivity index (χ1n) is 5.90. The van der Waals surface area contributed by atoms with E-state index < -0.39 is 0 Å². The molecule has 0 aliphatic rings. The Kier molecular flexibility index (Phi) is 5.06. The van der Waals surface area contributed by atoms with Crippen molar-refractivity contribution in [2.75, 3.05) is 13.7 Å². The number of carbonyl (C=O) groups is 1. The number of furan rings is 1. The van der Waals surface area contributed by atoms with Crippen molar-refractivity contribution in [2.24, 2.45) is 0 Å². The molecule has 1 unspecified atom stereocenters. The van der Waals surface area contributed by atoms with Gasteiger partial charge in [-0.05, 0) is 30.3 Å². The minimum Gasteiger partial charge on any atom is -0.467 e. The molecule has 20 heavy (non-hydrogen) atoms. The summed E-state index contributed by atoms with van der Waals surface area (Å²) in [4.78, 5) is 12.0. The Morgan fingerprint density at radius 3 is 2.60 bits per heavy atom. The van der Waals surface area contributed by atoms with Crippen LogP contribution in [0.5, 0.6) is 0 Å². The number of ether oxygens (including phenoxy) is 1. The summed E-state index contributed by atoms with van der Waals surface area (Å²) < 4.78 is 10.5. The molecule has 1 amide bonds. The van der Waals surface area contributed by atoms with Crippen LogP contribution in [0.15, 0.2) is 41.0 Å². The van der Waals surface area contributed by atoms with Gasteiger partial charge in [0.25, 0.3) is 5.91 Å². The van der Waals surface area contributed by atoms with Crippen LogP contribution in [0.4, 0.5) is 0 Å². The first-order chi connectivity index (χ1) is 9.60. The van der Waals surface area contributed by atoms with E-state index in [1.807, 2.05) is 0 Å². The minimum atomic E-state index is -0.344. The van der Waals surface area contributed by atoms with Crippen LogP contribution in [0.1, 0.15) is 22.2 Å². The van der Waals surface area contributed by atoms with E-state index in [1.165, 1.54) is 0 Å². The van der Waals surface area contributed by atoms with E-state index in [0.29, 0.717) is 21.4 Å². The number of carbonyl (C=O) groups excluding carboxylic acids is 1. The van der Waals surface area contributed by atoms with Crippen LogP contribution in [-0.4, -0.2) is 19.6 Å². The van der Waals surface area contributed by atoms with Crippen LogP contribution < -0.4 is 5.32 Å². The predicted octanol–water partition coefficient (Wildman–Crippen LogP) is 3.70. The molecule has 0 aliphatic heterocycles. The van der Waals surface area contributed by atoms with Gasteiger partial charge in [-0.25, -0.2) is 0 Å². The average molecular weight is 314 g/mol. The fourth-order valence-corrected chi connectivity index (χ4v) is 2.27. The van der Waals surface area contributed by atoms with Crippen molar-refractivity contribution in [3.05, 3.63) is 58.0 Å². The Morgan fingerprint density at radius 2 is 2.05 bits per heavy atom. The van der Waals surface area contributed by atoms with Gasteiger partial charge in [0.15, 0.2) is 0 Å². The molecule has 1 heterocycles. The fraction of sp³-hybridized carbons (Fsp3) is 0.214. The van der Waals surface area contributed by atoms with E-state index in [-0.39, 0.29) is 18.6 Å². The topological polar surface area (TPSA) is 51.5 Å². The molecule has 0 radical (unpaired) electrons. The zero-order valence-electron chi connectivity index (χ0n) is 10.7. The number of amides is 1. The second kappa shape index (κ2) is 6.79. The normalized spacial score (nSPS) is 12.2. The van der Waals surface area contributed by atoms with Gasteiger partial charge < -0.3 is 14.5 Å². The number of hydrogen-bond donors (Lipinski definition) is 1. The number of benzene rings is 1. The van der Waals surface area contributed by atoms with Gasteiger partial charge in [-0.1, -0.05) is 23.2 Å². The molecule has 2 aromatic rings. The molecule has 0 bridgehead atoms. The van der Waals surface area contributed by atoms with E-state index in [0.717, 1.165) is 0 Å². The molecule has 0 spiro atoms. The molecule has 1 N–H and O–H groups in total. The Balaban J connectivity index is 2.01. The number of nitrogens with one attached hydrogen (secondary N) is 1. The summed E-state index contributed by atoms with van der Waals surface area (Å²) in [6.07, 6.45) is 1.21. The van der Waals surface area contributed by atoms with Crippen molar-refractivity contribution in [3.8, 4) is 0 Å². The van der Waals surface area contributed by atoms with Crippen LogP contribution in [0.3, 0.4) is 0 Å². The molecule has 0 aliphatic carbocycles. The summed E-state index contributed by atoms with van der Waals surface area (Å²) in [6, 6.07) is 8.23. The van der Waals surface area contributed by atoms with Crippen LogP contribution in [-0.2, 0) is 4.74 Å². The molecule has 1 atom stereocenters. The molecular formula is C14H13Cl2NO3. The van der Waals surface area contributed by atoms with Gasteiger partial charge in [0.05, 0.1) is 12.8 Å². The first-order valence-corrected chi connectivity index (χ1v) is 6.66. The zero-order chi connectivity index (χ0) is 14.5. The maximum atomic E-state index is 12.0. The maximum Gasteiger partial charge on any atom is 0.251 e. The summed E-state index contributed by atoms with van der Waals surface area (Å²) >= 11 is 11.7. The molecular weight excluding hydrogens is 301 g/mol. The van der Waals surface area contributed by atoms with Crippen LogP contribution in [0.2, 0.25) is 10.0 Å². The van der Waals surface area contributed by atoms with Gasteiger partial charge in [-0.15, -0.1) is 0 Å². The van der Waals surface area contributed by atoms with E-state index in [9.17, 15) is 4.79 Å². The van der Waals surface area contributed by atoms with Gasteiger partial charge in [-0.2, -0.15) is 0 Å². The Labute approximate surface area is 126 Å². The quantitative estimate of drug-likeness (QED) is 0.915. The minimum absolute atomic E-state index is 0.275. The van der Waals surface area contributed by atoms with Crippen LogP contribution >= 0.6 is 23.2 Å². The molecule has 1 aromatic heterocycles. The van der Waals surface area contributed by atoms with Gasteiger partial charge in [-0.3, -0.25) is 4.79 Å². The largest absolute Gasteiger partial charge is 0.467 e. The SMILES string of the molecule is COC(CNC(=O)c1cc(Cl)cc(Cl)c1)c1ccco1. The Hall–Kier alpha value is -1.49. The second-order valence-corrected chi connectivity index (χ2v) is 4.98. The highest BCUT2D eigenvalue weighted by molar-refractivity contribution is 6.35. The summed E-state index contributed by atoms with van der Waals surface area (Å²) in [5.74, 6) is 0.375. The Bertz CT molecular complexity index is 564. The Morgan fingerprint density at radius 1 is 1.35 bits per heavy atom. The predicted molar refractivity (Wildman–Crippen MR) is 77.3 cm³/mol. The number of methoxy groups -OCH3 is 1. The zero-order valence-corrected chi connectivity index (χ0v) is 12.2. The van der Waals surface area contributed by atoms with E-state index >= 15 is 0 Å². The molecule has 0 saturated heterocycles. The fourth-order valence-electron chi connectivity index (χ4n) is 1.75. The lowest BCUT2D eigenvalue weighted by atomic mass is 10.2. The molecule has 106 valence electrons. The summed E-state index contributed by atoms with van der Waals surface area (Å²) in [7, 11) is 1.55. The van der Waals surface area contributed by atoms with Crippen molar-refractivity contribution in [1.29, 1.82) is 0 Å². The molecule has 0 saturated carbocycles. The highest BCUT2D eigenvalue weighted by Crippen LogP contribution is 2.20. The standard InChI is InChI=1S/C14H13Cl2NO3/c1-19-13(12-3-2-4-20-12)8-17-14(18)9-5-10(15)7-11(16)6-9/h2-7,13H,8H2,1H3,(H,17,18). The van der Waals surface area contributed by atoms with Gasteiger partial charge >= 0.3 is 0 Å². The monoisotopic (exact) mass is 313 g/mol. The number of hydrogen-bond acceptors (Lipinski definition) is 3. The molecule has 0 fully saturated rings. The number of rotatable bonds is 5. The van der Waals surface area contributed by atoms with Crippen molar-refractivity contribution in [2.45, 2.75) is 6.10 Å². The van der Waals surface area contributed by atoms with Gasteiger partial charge in [0.1, 0.15) is 11.9 Å². The summed E-state index contributed by atoms with van der Waals surface area (Å²) in [5.41, 5.74) is 0.400. The van der Waals surface area contributed by atoms with Crippen molar-refractivity contribution in [3.63, 3.8) is 0 Å². The van der Waals surface area contributed by atoms with Crippen molar-refractivity contribution >= 4 is 29.1 Å². The molecule has 6 heteroatoms. The lowest BCUT2D eigenvalue weighted by Gasteiger charge is -2.14. The van der Waals surface area contributed by atoms with Gasteiger partial charge in [0.2, 0.25) is 0 Å². The smallest absolute Gasteiger partial charge is 0.251 e. The third kappa shape index (κ3) is 3.76. The molecule has 2 rings (SSSR count). The van der Waals surface area contributed by atoms with E-state index in [4.69, 9.17) is 32.4 Å². The molecule has 1 aromatic carbocycles. The highest BCUT2D eigenvalue weighted by atomic mass is 35.5. The molecule has 4 nitrogen and oxygen atoms in total. The third-order valence-electron chi connectivity index (χ3n) is 2.72. The lowest BCUT2D eigenvalue weighted by molar-refractivity contribution is 0.0738. The van der Waals surface area contributed by atoms with E-state index in [2.05, 4.69) is 5.32 Å². The first kappa shape index (κ1) is 14.9. The van der Waals surface area contributed by atoms with Crippen molar-refractivity contribution in [1.82, 2.24) is 5.32 Å². The third-order valence-corrected chi connectivity index (χ3v) is 3.15. The lowest BCUT2D eigenvalue weighted by Crippen LogP contribution is -2.29. The summed E-state index contributed by atoms with van der Waals surface area (Å²) in [6.45, 7) is 0.285. The van der Waals surface area contributed by atoms with E-state index in [1.54, 1.807) is 43.7 Å². The maximum absolute atomic E-state index is 12.0. The second-order valence-electron chi connectivity index (χ2n) is 4.11.